The van der Waals surface area contributed by atoms with Gasteiger partial charge in [-0.3, -0.25) is 19.2 Å². The Morgan fingerprint density at radius 1 is 0.651 bits per heavy atom. The summed E-state index contributed by atoms with van der Waals surface area (Å²) in [6.07, 6.45) is 6.83. The van der Waals surface area contributed by atoms with E-state index in [-0.39, 0.29) is 35.5 Å². The minimum Gasteiger partial charge on any atom is -0.351 e. The summed E-state index contributed by atoms with van der Waals surface area (Å²) in [7, 11) is 0. The number of para-hydroxylation sites is 2. The normalized spacial score (nSPS) is 17.5. The van der Waals surface area contributed by atoms with Crippen molar-refractivity contribution in [2.75, 3.05) is 10.6 Å². The monoisotopic (exact) mass is 956 g/mol. The quantitative estimate of drug-likeness (QED) is 0.0811. The number of halogens is 2. The van der Waals surface area contributed by atoms with Gasteiger partial charge in [0.05, 0.1) is 14.0 Å². The zero-order valence-corrected chi connectivity index (χ0v) is 40.7. The van der Waals surface area contributed by atoms with Crippen LogP contribution in [0.4, 0.5) is 11.4 Å². The Hall–Kier alpha value is -4.91. The summed E-state index contributed by atoms with van der Waals surface area (Å²) in [5.41, 5.74) is 6.36. The van der Waals surface area contributed by atoms with E-state index in [1.807, 2.05) is 80.6 Å². The average molecular weight is 959 g/mol. The Bertz CT molecular complexity index is 2450. The van der Waals surface area contributed by atoms with E-state index in [2.05, 4.69) is 88.7 Å². The number of hydrogen-bond donors (Lipinski definition) is 6. The SMILES string of the molecule is CCC(C)CC.CCC(C)CC.CC[C@H]1c2ccccc2NC(=O)[C@@H]1NC(=O)c1cc2cc(Cl)ccc2[nH]1.CC[C@H]1c2ccccc2NC(=O)[C@@H]1NC(=O)c1cc2sc(Br)cc2[nH]1. The van der Waals surface area contributed by atoms with E-state index in [0.29, 0.717) is 16.4 Å². The lowest BCUT2D eigenvalue weighted by Crippen LogP contribution is -2.50. The van der Waals surface area contributed by atoms with Crippen molar-refractivity contribution in [3.8, 4) is 0 Å². The second-order valence-electron chi connectivity index (χ2n) is 16.4. The second-order valence-corrected chi connectivity index (χ2v) is 19.3. The van der Waals surface area contributed by atoms with Gasteiger partial charge in [0.25, 0.3) is 11.8 Å². The van der Waals surface area contributed by atoms with Gasteiger partial charge in [0.2, 0.25) is 11.8 Å². The maximum Gasteiger partial charge on any atom is 0.268 e. The molecule has 10 nitrogen and oxygen atoms in total. The number of H-pyrrole nitrogens is 2. The molecule has 3 aromatic carbocycles. The summed E-state index contributed by atoms with van der Waals surface area (Å²) in [5.74, 6) is 0.822. The van der Waals surface area contributed by atoms with Gasteiger partial charge in [0.1, 0.15) is 23.5 Å². The molecule has 2 aliphatic rings. The summed E-state index contributed by atoms with van der Waals surface area (Å²) in [6.45, 7) is 17.5. The van der Waals surface area contributed by atoms with Crippen LogP contribution in [0.2, 0.25) is 5.02 Å². The number of carbonyl (C=O) groups excluding carboxylic acids is 4. The van der Waals surface area contributed by atoms with Crippen molar-refractivity contribution < 1.29 is 19.2 Å². The molecule has 8 rings (SSSR count). The molecule has 0 bridgehead atoms. The van der Waals surface area contributed by atoms with Gasteiger partial charge in [-0.25, -0.2) is 0 Å². The Morgan fingerprint density at radius 2 is 1.11 bits per heavy atom. The number of rotatable bonds is 10. The molecule has 3 aromatic heterocycles. The van der Waals surface area contributed by atoms with Gasteiger partial charge in [0.15, 0.2) is 0 Å². The molecule has 13 heteroatoms. The Balaban J connectivity index is 0.000000189. The predicted molar refractivity (Wildman–Crippen MR) is 265 cm³/mol. The van der Waals surface area contributed by atoms with E-state index < -0.39 is 12.1 Å². The van der Waals surface area contributed by atoms with E-state index in [1.54, 1.807) is 29.5 Å². The molecule has 6 N–H and O–H groups in total. The molecule has 4 atom stereocenters. The van der Waals surface area contributed by atoms with Gasteiger partial charge in [-0.05, 0) is 100 Å². The molecular weight excluding hydrogens is 896 g/mol. The van der Waals surface area contributed by atoms with Crippen LogP contribution in [0.1, 0.15) is 138 Å². The molecule has 0 radical (unpaired) electrons. The summed E-state index contributed by atoms with van der Waals surface area (Å²) in [5, 5.41) is 13.0. The van der Waals surface area contributed by atoms with Crippen molar-refractivity contribution in [3.05, 3.63) is 116 Å². The first kappa shape index (κ1) is 49.1. The lowest BCUT2D eigenvalue weighted by molar-refractivity contribution is -0.119. The van der Waals surface area contributed by atoms with Crippen LogP contribution in [0, 0.1) is 11.8 Å². The number of aromatic nitrogens is 2. The minimum absolute atomic E-state index is 0.0425. The van der Waals surface area contributed by atoms with Gasteiger partial charge in [-0.1, -0.05) is 129 Å². The molecule has 5 heterocycles. The van der Waals surface area contributed by atoms with Gasteiger partial charge in [-0.2, -0.15) is 0 Å². The van der Waals surface area contributed by atoms with Crippen molar-refractivity contribution in [1.82, 2.24) is 20.6 Å². The lowest BCUT2D eigenvalue weighted by Gasteiger charge is -2.32. The van der Waals surface area contributed by atoms with Gasteiger partial charge >= 0.3 is 0 Å². The fourth-order valence-electron chi connectivity index (χ4n) is 7.51. The third-order valence-corrected chi connectivity index (χ3v) is 14.0. The molecule has 0 fully saturated rings. The lowest BCUT2D eigenvalue weighted by atomic mass is 9.84. The fraction of sp³-hybridized carbons (Fsp3) is 0.400. The Kier molecular flexibility index (Phi) is 18.0. The molecule has 0 aliphatic carbocycles. The van der Waals surface area contributed by atoms with Crippen LogP contribution in [0.3, 0.4) is 0 Å². The van der Waals surface area contributed by atoms with Gasteiger partial charge in [0, 0.05) is 39.1 Å². The summed E-state index contributed by atoms with van der Waals surface area (Å²) >= 11 is 11.0. The highest BCUT2D eigenvalue weighted by Gasteiger charge is 2.37. The first-order chi connectivity index (χ1) is 30.2. The van der Waals surface area contributed by atoms with E-state index >= 15 is 0 Å². The van der Waals surface area contributed by atoms with Crippen LogP contribution in [0.5, 0.6) is 0 Å². The fourth-order valence-corrected chi connectivity index (χ4v) is 9.23. The molecule has 0 saturated heterocycles. The predicted octanol–water partition coefficient (Wildman–Crippen LogP) is 13.2. The number of nitrogens with one attached hydrogen (secondary N) is 6. The van der Waals surface area contributed by atoms with Crippen LogP contribution in [0.15, 0.2) is 88.7 Å². The van der Waals surface area contributed by atoms with E-state index in [0.717, 1.165) is 72.1 Å². The number of aromatic amines is 2. The number of carbonyl (C=O) groups is 4. The van der Waals surface area contributed by atoms with E-state index in [1.165, 1.54) is 25.7 Å². The number of fused-ring (bicyclic) bond motifs is 4. The van der Waals surface area contributed by atoms with Gasteiger partial charge in [-0.15, -0.1) is 11.3 Å². The summed E-state index contributed by atoms with van der Waals surface area (Å²) in [4.78, 5) is 56.6. The minimum atomic E-state index is -0.614. The van der Waals surface area contributed by atoms with E-state index in [9.17, 15) is 19.2 Å². The number of thiophene rings is 1. The van der Waals surface area contributed by atoms with Crippen molar-refractivity contribution in [1.29, 1.82) is 0 Å². The van der Waals surface area contributed by atoms with Crippen molar-refractivity contribution in [3.63, 3.8) is 0 Å². The van der Waals surface area contributed by atoms with E-state index in [4.69, 9.17) is 11.6 Å². The van der Waals surface area contributed by atoms with Crippen LogP contribution in [-0.4, -0.2) is 45.7 Å². The van der Waals surface area contributed by atoms with Crippen LogP contribution < -0.4 is 21.3 Å². The maximum atomic E-state index is 12.7. The zero-order chi connectivity index (χ0) is 45.8. The first-order valence-corrected chi connectivity index (χ1v) is 24.2. The van der Waals surface area contributed by atoms with Crippen molar-refractivity contribution in [2.45, 2.75) is 118 Å². The molecule has 0 unspecified atom stereocenters. The zero-order valence-electron chi connectivity index (χ0n) is 37.6. The maximum absolute atomic E-state index is 12.7. The first-order valence-electron chi connectivity index (χ1n) is 22.2. The molecule has 63 heavy (non-hydrogen) atoms. The Labute approximate surface area is 389 Å². The number of amides is 4. The van der Waals surface area contributed by atoms with Crippen LogP contribution in [-0.2, 0) is 9.59 Å². The largest absolute Gasteiger partial charge is 0.351 e. The van der Waals surface area contributed by atoms with Crippen molar-refractivity contribution >= 4 is 95.0 Å². The molecule has 2 aliphatic heterocycles. The third kappa shape index (κ3) is 12.4. The third-order valence-electron chi connectivity index (χ3n) is 12.2. The standard InChI is InChI=1S/C20H18ClN3O2.C18H16BrN3O2S.2C6H14/c1-2-13-14-5-3-4-6-16(14)23-20(26)18(13)24-19(25)17-10-11-9-12(21)7-8-15(11)22-17;1-2-9-10-5-3-4-6-11(10)21-18(24)16(9)22-17(23)13-7-14-12(20-13)8-15(19)25-14;2*1-4-6(3)5-2/h3-10,13,18,22H,2H2,1H3,(H,23,26)(H,24,25);3-9,16,20H,2H2,1H3,(H,21,24)(H,22,23);2*6H,4-5H2,1-3H3/t13-,18+;9-,16+;;/m00../s1. The second kappa shape index (κ2) is 23.1. The summed E-state index contributed by atoms with van der Waals surface area (Å²) < 4.78 is 2.01. The Morgan fingerprint density at radius 3 is 1.56 bits per heavy atom. The highest BCUT2D eigenvalue weighted by Crippen LogP contribution is 2.36. The number of hydrogen-bond acceptors (Lipinski definition) is 5. The molecular formula is C50H62BrClN6O4S. The molecule has 336 valence electrons. The van der Waals surface area contributed by atoms with Crippen LogP contribution in [0.25, 0.3) is 21.1 Å². The number of anilines is 2. The van der Waals surface area contributed by atoms with Crippen LogP contribution >= 0.6 is 38.9 Å². The molecule has 6 aromatic rings. The molecule has 4 amide bonds. The smallest absolute Gasteiger partial charge is 0.268 e. The molecule has 0 saturated carbocycles. The van der Waals surface area contributed by atoms with Crippen molar-refractivity contribution in [2.24, 2.45) is 11.8 Å². The highest BCUT2D eigenvalue weighted by molar-refractivity contribution is 9.11. The summed E-state index contributed by atoms with van der Waals surface area (Å²) in [6, 6.07) is 25.1. The topological polar surface area (TPSA) is 148 Å². The highest BCUT2D eigenvalue weighted by atomic mass is 79.9. The van der Waals surface area contributed by atoms with Gasteiger partial charge < -0.3 is 31.2 Å². The average Bonchev–Trinajstić information content (AvgIpc) is 4.00. The molecule has 0 spiro atoms. The number of benzene rings is 3.